The van der Waals surface area contributed by atoms with Crippen LogP contribution in [0.15, 0.2) is 49.8 Å². The van der Waals surface area contributed by atoms with Gasteiger partial charge in [-0.1, -0.05) is 63.2 Å². The maximum Gasteiger partial charge on any atom is 0.292 e. The second-order valence-corrected chi connectivity index (χ2v) is 15.1. The highest BCUT2D eigenvalue weighted by Gasteiger charge is 2.18. The van der Waals surface area contributed by atoms with Gasteiger partial charge in [0.1, 0.15) is 11.4 Å². The molecule has 17 nitrogen and oxygen atoms in total. The lowest BCUT2D eigenvalue weighted by molar-refractivity contribution is -0.131. The van der Waals surface area contributed by atoms with Crippen molar-refractivity contribution in [3.8, 4) is 32.5 Å². The summed E-state index contributed by atoms with van der Waals surface area (Å²) in [5.74, 6) is 0.116. The van der Waals surface area contributed by atoms with Crippen LogP contribution < -0.4 is 10.6 Å². The molecular weight excluding hydrogens is 781 g/mol. The molecule has 19 heteroatoms. The third kappa shape index (κ3) is 14.8. The molecule has 3 amide bonds. The van der Waals surface area contributed by atoms with E-state index in [9.17, 15) is 14.4 Å². The molecular formula is C39H58N12O5S2. The zero-order valence-corrected chi connectivity index (χ0v) is 36.2. The molecule has 0 bridgehead atoms. The van der Waals surface area contributed by atoms with E-state index in [0.29, 0.717) is 13.0 Å². The van der Waals surface area contributed by atoms with Gasteiger partial charge >= 0.3 is 0 Å². The molecule has 0 spiro atoms. The van der Waals surface area contributed by atoms with Crippen LogP contribution in [-0.2, 0) is 23.9 Å². The summed E-state index contributed by atoms with van der Waals surface area (Å²) >= 11 is 3.24. The first-order chi connectivity index (χ1) is 28.1. The number of nitrogens with one attached hydrogen (secondary N) is 4. The van der Waals surface area contributed by atoms with E-state index in [1.54, 1.807) is 47.3 Å². The minimum atomic E-state index is -0.150. The summed E-state index contributed by atoms with van der Waals surface area (Å²) in [4.78, 5) is 73.4. The zero-order valence-electron chi connectivity index (χ0n) is 34.6. The van der Waals surface area contributed by atoms with Crippen LogP contribution in [0.3, 0.4) is 0 Å². The first-order valence-electron chi connectivity index (χ1n) is 19.5. The Morgan fingerprint density at radius 1 is 0.741 bits per heavy atom. The number of amides is 3. The molecule has 2 aliphatic heterocycles. The number of aromatic amines is 2. The van der Waals surface area contributed by atoms with Crippen LogP contribution in [-0.4, -0.2) is 126 Å². The lowest BCUT2D eigenvalue weighted by Crippen LogP contribution is -2.37. The first-order valence-corrected chi connectivity index (χ1v) is 21.1. The van der Waals surface area contributed by atoms with Crippen LogP contribution in [0.4, 0.5) is 0 Å². The van der Waals surface area contributed by atoms with Gasteiger partial charge in [-0.2, -0.15) is 0 Å². The minimum absolute atomic E-state index is 0.0303. The SMILES string of the molecule is CC(=O)NCC(=O)N1CCCC1.CCC.CCC.CNCC(=O)N1CCCC1.COC=O.c1ncc(-c2cn3cc(-c4cn5cc(-c6cnc[nH]6)sc5n4)nc3s2)[nH]1. The van der Waals surface area contributed by atoms with E-state index in [-0.39, 0.29) is 24.3 Å². The van der Waals surface area contributed by atoms with E-state index in [1.165, 1.54) is 39.7 Å². The third-order valence-electron chi connectivity index (χ3n) is 7.93. The van der Waals surface area contributed by atoms with Gasteiger partial charge in [0.2, 0.25) is 17.7 Å². The lowest BCUT2D eigenvalue weighted by Gasteiger charge is -2.14. The Morgan fingerprint density at radius 2 is 1.14 bits per heavy atom. The van der Waals surface area contributed by atoms with Gasteiger partial charge in [-0.3, -0.25) is 28.0 Å². The fraction of sp³-hybridized carbons (Fsp3) is 0.487. The lowest BCUT2D eigenvalue weighted by atomic mass is 10.4. The number of thiazole rings is 2. The standard InChI is InChI=1S/C16H10N8S2.C8H14N2O2.C7H14N2O.2C3H8.C2H4O2/c1-9(19-7-17-1)13-5-23-3-11(21-15(23)25-13)12-4-24-6-14(26-16(24)22-12)10-2-18-8-20-10;1-7(11)9-6-8(12)10-4-2-3-5-10;1-8-6-7(10)9-4-2-3-5-9;2*1-3-2;1-4-2-3/h1-8H,(H,17,19)(H,18,20);2-6H2,1H3,(H,9,11);8H,2-6H2,1H3;2*3H2,1-2H3;2H,1H3. The van der Waals surface area contributed by atoms with Crippen molar-refractivity contribution in [3.63, 3.8) is 0 Å². The summed E-state index contributed by atoms with van der Waals surface area (Å²) < 4.78 is 7.92. The fourth-order valence-corrected chi connectivity index (χ4v) is 7.26. The molecule has 2 saturated heterocycles. The van der Waals surface area contributed by atoms with Crippen LogP contribution in [0, 0.1) is 0 Å². The summed E-state index contributed by atoms with van der Waals surface area (Å²) in [6, 6.07) is 0. The Labute approximate surface area is 347 Å². The highest BCUT2D eigenvalue weighted by atomic mass is 32.1. The van der Waals surface area contributed by atoms with Crippen molar-refractivity contribution >= 4 is 56.8 Å². The molecule has 58 heavy (non-hydrogen) atoms. The molecule has 8 rings (SSSR count). The van der Waals surface area contributed by atoms with Gasteiger partial charge in [-0.25, -0.2) is 19.9 Å². The van der Waals surface area contributed by atoms with Gasteiger partial charge in [0.25, 0.3) is 6.47 Å². The molecule has 0 saturated carbocycles. The van der Waals surface area contributed by atoms with Gasteiger partial charge in [-0.15, -0.1) is 0 Å². The maximum absolute atomic E-state index is 11.3. The molecule has 0 aliphatic carbocycles. The predicted molar refractivity (Wildman–Crippen MR) is 230 cm³/mol. The van der Waals surface area contributed by atoms with Crippen molar-refractivity contribution < 1.29 is 23.9 Å². The number of methoxy groups -OCH3 is 1. The Balaban J connectivity index is 0.000000235. The summed E-state index contributed by atoms with van der Waals surface area (Å²) in [5, 5.41) is 5.35. The smallest absolute Gasteiger partial charge is 0.292 e. The highest BCUT2D eigenvalue weighted by Crippen LogP contribution is 2.31. The van der Waals surface area contributed by atoms with Crippen LogP contribution >= 0.6 is 22.7 Å². The number of hydrogen-bond acceptors (Lipinski definition) is 12. The van der Waals surface area contributed by atoms with Crippen LogP contribution in [0.25, 0.3) is 42.5 Å². The Bertz CT molecular complexity index is 1890. The number of aromatic nitrogens is 8. The van der Waals surface area contributed by atoms with Gasteiger partial charge in [-0.05, 0) is 32.7 Å². The van der Waals surface area contributed by atoms with Crippen LogP contribution in [0.2, 0.25) is 0 Å². The van der Waals surface area contributed by atoms with Crippen LogP contribution in [0.1, 0.15) is 73.1 Å². The second kappa shape index (κ2) is 25.8. The van der Waals surface area contributed by atoms with E-state index in [4.69, 9.17) is 14.8 Å². The molecule has 0 radical (unpaired) electrons. The number of hydrogen-bond donors (Lipinski definition) is 4. The van der Waals surface area contributed by atoms with Gasteiger partial charge in [0.15, 0.2) is 9.92 Å². The van der Waals surface area contributed by atoms with E-state index >= 15 is 0 Å². The Kier molecular flexibility index (Phi) is 20.9. The largest absolute Gasteiger partial charge is 0.471 e. The van der Waals surface area contributed by atoms with Crippen molar-refractivity contribution in [2.24, 2.45) is 0 Å². The molecule has 6 aromatic heterocycles. The van der Waals surface area contributed by atoms with Crippen LogP contribution in [0.5, 0.6) is 0 Å². The number of H-pyrrole nitrogens is 2. The molecule has 0 unspecified atom stereocenters. The van der Waals surface area contributed by atoms with Crippen molar-refractivity contribution in [2.75, 3.05) is 53.4 Å². The number of likely N-dealkylation sites (N-methyl/N-ethyl adjacent to an activating group) is 1. The quantitative estimate of drug-likeness (QED) is 0.137. The molecule has 0 atom stereocenters. The van der Waals surface area contributed by atoms with E-state index in [0.717, 1.165) is 81.5 Å². The number of ether oxygens (including phenoxy) is 1. The first kappa shape index (κ1) is 47.0. The number of rotatable bonds is 8. The third-order valence-corrected chi connectivity index (χ3v) is 9.99. The monoisotopic (exact) mass is 838 g/mol. The summed E-state index contributed by atoms with van der Waals surface area (Å²) in [6.45, 7) is 14.5. The fourth-order valence-electron chi connectivity index (χ4n) is 5.38. The highest BCUT2D eigenvalue weighted by molar-refractivity contribution is 7.20. The molecule has 2 fully saturated rings. The average Bonchev–Trinajstić information content (AvgIpc) is 4.05. The molecule has 316 valence electrons. The number of carbonyl (C=O) groups is 4. The zero-order chi connectivity index (χ0) is 42.3. The number of fused-ring (bicyclic) bond motifs is 2. The van der Waals surface area contributed by atoms with Gasteiger partial charge in [0, 0.05) is 57.9 Å². The van der Waals surface area contributed by atoms with Gasteiger partial charge in [0.05, 0.1) is 66.4 Å². The molecule has 2 aliphatic rings. The normalized spacial score (nSPS) is 12.7. The Morgan fingerprint density at radius 3 is 1.45 bits per heavy atom. The van der Waals surface area contributed by atoms with E-state index in [2.05, 4.69) is 75.4 Å². The maximum atomic E-state index is 11.3. The Hall–Kier alpha value is -5.40. The van der Waals surface area contributed by atoms with E-state index in [1.807, 2.05) is 38.5 Å². The van der Waals surface area contributed by atoms with E-state index < -0.39 is 0 Å². The van der Waals surface area contributed by atoms with Crippen molar-refractivity contribution in [1.82, 2.24) is 59.1 Å². The van der Waals surface area contributed by atoms with Crippen molar-refractivity contribution in [2.45, 2.75) is 73.1 Å². The van der Waals surface area contributed by atoms with Gasteiger partial charge < -0.3 is 35.1 Å². The van der Waals surface area contributed by atoms with Crippen molar-refractivity contribution in [3.05, 3.63) is 49.8 Å². The molecule has 4 N–H and O–H groups in total. The average molecular weight is 839 g/mol. The second-order valence-electron chi connectivity index (χ2n) is 13.1. The van der Waals surface area contributed by atoms with Crippen molar-refractivity contribution in [1.29, 1.82) is 0 Å². The minimum Gasteiger partial charge on any atom is -0.471 e. The summed E-state index contributed by atoms with van der Waals surface area (Å²) in [6.07, 6.45) is 22.1. The number of carbonyl (C=O) groups excluding carboxylic acids is 4. The molecule has 0 aromatic carbocycles. The molecule has 8 heterocycles. The topological polar surface area (TPSA) is 200 Å². The number of imidazole rings is 4. The summed E-state index contributed by atoms with van der Waals surface area (Å²) in [5.41, 5.74) is 3.73. The molecule has 6 aromatic rings. The predicted octanol–water partition coefficient (Wildman–Crippen LogP) is 5.75. The number of likely N-dealkylation sites (tertiary alicyclic amines) is 2. The number of nitrogens with zero attached hydrogens (tertiary/aromatic N) is 8. The summed E-state index contributed by atoms with van der Waals surface area (Å²) in [7, 11) is 3.11.